The standard InChI is InChI=1S/C21H15F3N2/c22-21(23,24)19-12-5-4-10-18(19)11-6-7-13-20(15-25,16-26)14-17-8-2-1-3-9-17/h1-5,8-10,12H,6,11,14H2. The fourth-order valence-electron chi connectivity index (χ4n) is 2.53. The van der Waals surface area contributed by atoms with E-state index in [4.69, 9.17) is 0 Å². The van der Waals surface area contributed by atoms with Gasteiger partial charge in [0.2, 0.25) is 5.41 Å². The van der Waals surface area contributed by atoms with Gasteiger partial charge in [-0.25, -0.2) is 0 Å². The van der Waals surface area contributed by atoms with Crippen LogP contribution < -0.4 is 0 Å². The average molecular weight is 352 g/mol. The largest absolute Gasteiger partial charge is 0.416 e. The Kier molecular flexibility index (Phi) is 6.05. The smallest absolute Gasteiger partial charge is 0.195 e. The van der Waals surface area contributed by atoms with Gasteiger partial charge in [-0.05, 0) is 23.6 Å². The molecule has 0 saturated heterocycles. The molecule has 0 unspecified atom stereocenters. The van der Waals surface area contributed by atoms with Crippen molar-refractivity contribution in [2.24, 2.45) is 5.41 Å². The Morgan fingerprint density at radius 2 is 1.46 bits per heavy atom. The second-order valence-corrected chi connectivity index (χ2v) is 5.75. The molecule has 2 rings (SSSR count). The summed E-state index contributed by atoms with van der Waals surface area (Å²) in [7, 11) is 0. The molecule has 130 valence electrons. The first-order chi connectivity index (χ1) is 12.4. The van der Waals surface area contributed by atoms with Crippen LogP contribution in [-0.2, 0) is 19.0 Å². The van der Waals surface area contributed by atoms with Crippen molar-refractivity contribution in [1.29, 1.82) is 10.5 Å². The molecule has 0 spiro atoms. The molecule has 2 aromatic carbocycles. The zero-order chi connectivity index (χ0) is 19.0. The van der Waals surface area contributed by atoms with E-state index in [0.717, 1.165) is 11.6 Å². The van der Waals surface area contributed by atoms with Crippen molar-refractivity contribution in [3.8, 4) is 24.0 Å². The molecule has 0 N–H and O–H groups in total. The van der Waals surface area contributed by atoms with Crippen LogP contribution in [0.1, 0.15) is 23.1 Å². The first-order valence-electron chi connectivity index (χ1n) is 7.92. The SMILES string of the molecule is N#CC(C#N)(C#CCCc1ccccc1C(F)(F)F)Cc1ccccc1. The number of alkyl halides is 3. The Labute approximate surface area is 150 Å². The van der Waals surface area contributed by atoms with Gasteiger partial charge in [0.15, 0.2) is 0 Å². The summed E-state index contributed by atoms with van der Waals surface area (Å²) >= 11 is 0. The van der Waals surface area contributed by atoms with E-state index in [2.05, 4.69) is 11.8 Å². The van der Waals surface area contributed by atoms with Gasteiger partial charge in [-0.1, -0.05) is 54.5 Å². The molecule has 5 heteroatoms. The molecule has 26 heavy (non-hydrogen) atoms. The number of halogens is 3. The van der Waals surface area contributed by atoms with Gasteiger partial charge >= 0.3 is 6.18 Å². The summed E-state index contributed by atoms with van der Waals surface area (Å²) in [5.74, 6) is 5.37. The predicted octanol–water partition coefficient (Wildman–Crippen LogP) is 4.92. The van der Waals surface area contributed by atoms with E-state index in [1.54, 1.807) is 30.3 Å². The van der Waals surface area contributed by atoms with Gasteiger partial charge in [-0.3, -0.25) is 0 Å². The van der Waals surface area contributed by atoms with Gasteiger partial charge in [0, 0.05) is 12.8 Å². The average Bonchev–Trinajstić information content (AvgIpc) is 2.64. The first kappa shape index (κ1) is 19.1. The highest BCUT2D eigenvalue weighted by molar-refractivity contribution is 5.36. The van der Waals surface area contributed by atoms with Crippen LogP contribution in [0.25, 0.3) is 0 Å². The molecular formula is C21H15F3N2. The van der Waals surface area contributed by atoms with Crippen molar-refractivity contribution in [3.63, 3.8) is 0 Å². The Balaban J connectivity index is 2.13. The van der Waals surface area contributed by atoms with E-state index in [1.807, 2.05) is 18.2 Å². The molecule has 0 aliphatic heterocycles. The Morgan fingerprint density at radius 3 is 2.08 bits per heavy atom. The van der Waals surface area contributed by atoms with Crippen molar-refractivity contribution in [2.45, 2.75) is 25.4 Å². The third kappa shape index (κ3) is 4.88. The number of nitriles is 2. The van der Waals surface area contributed by atoms with E-state index >= 15 is 0 Å². The van der Waals surface area contributed by atoms with Crippen molar-refractivity contribution >= 4 is 0 Å². The topological polar surface area (TPSA) is 47.6 Å². The molecule has 0 radical (unpaired) electrons. The number of aryl methyl sites for hydroxylation is 1. The summed E-state index contributed by atoms with van der Waals surface area (Å²) in [5, 5.41) is 18.8. The maximum atomic E-state index is 13.0. The quantitative estimate of drug-likeness (QED) is 0.734. The van der Waals surface area contributed by atoms with Crippen molar-refractivity contribution < 1.29 is 13.2 Å². The van der Waals surface area contributed by atoms with Crippen molar-refractivity contribution in [1.82, 2.24) is 0 Å². The number of hydrogen-bond donors (Lipinski definition) is 0. The van der Waals surface area contributed by atoms with Gasteiger partial charge < -0.3 is 0 Å². The molecule has 0 amide bonds. The molecule has 0 heterocycles. The fourth-order valence-corrected chi connectivity index (χ4v) is 2.53. The molecule has 0 bridgehead atoms. The monoisotopic (exact) mass is 352 g/mol. The molecular weight excluding hydrogens is 337 g/mol. The zero-order valence-electron chi connectivity index (χ0n) is 13.8. The molecule has 0 aliphatic carbocycles. The van der Waals surface area contributed by atoms with Crippen LogP contribution in [0, 0.1) is 39.9 Å². The second kappa shape index (κ2) is 8.24. The molecule has 0 aromatic heterocycles. The Hall–Kier alpha value is -3.23. The van der Waals surface area contributed by atoms with Gasteiger partial charge in [-0.15, -0.1) is 5.92 Å². The number of nitrogens with zero attached hydrogens (tertiary/aromatic N) is 2. The molecule has 0 aliphatic rings. The minimum absolute atomic E-state index is 0.0982. The normalized spacial score (nSPS) is 11.0. The summed E-state index contributed by atoms with van der Waals surface area (Å²) in [4.78, 5) is 0. The van der Waals surface area contributed by atoms with Crippen molar-refractivity contribution in [3.05, 3.63) is 71.3 Å². The highest BCUT2D eigenvalue weighted by Crippen LogP contribution is 2.32. The molecule has 2 aromatic rings. The van der Waals surface area contributed by atoms with Gasteiger partial charge in [-0.2, -0.15) is 23.7 Å². The lowest BCUT2D eigenvalue weighted by Crippen LogP contribution is -2.17. The van der Waals surface area contributed by atoms with E-state index in [0.29, 0.717) is 0 Å². The molecule has 0 atom stereocenters. The lowest BCUT2D eigenvalue weighted by Gasteiger charge is -2.12. The summed E-state index contributed by atoms with van der Waals surface area (Å²) in [6.45, 7) is 0. The summed E-state index contributed by atoms with van der Waals surface area (Å²) in [5.41, 5.74) is -1.24. The number of hydrogen-bond acceptors (Lipinski definition) is 2. The minimum Gasteiger partial charge on any atom is -0.195 e. The number of benzene rings is 2. The molecule has 0 saturated carbocycles. The highest BCUT2D eigenvalue weighted by atomic mass is 19.4. The van der Waals surface area contributed by atoms with Crippen LogP contribution in [0.3, 0.4) is 0 Å². The van der Waals surface area contributed by atoms with Crippen LogP contribution in [0.2, 0.25) is 0 Å². The first-order valence-corrected chi connectivity index (χ1v) is 7.92. The zero-order valence-corrected chi connectivity index (χ0v) is 13.8. The van der Waals surface area contributed by atoms with Crippen LogP contribution in [-0.4, -0.2) is 0 Å². The predicted molar refractivity (Wildman–Crippen MR) is 91.3 cm³/mol. The van der Waals surface area contributed by atoms with E-state index in [-0.39, 0.29) is 24.8 Å². The summed E-state index contributed by atoms with van der Waals surface area (Å²) < 4.78 is 38.9. The Morgan fingerprint density at radius 1 is 0.846 bits per heavy atom. The molecule has 2 nitrogen and oxygen atoms in total. The summed E-state index contributed by atoms with van der Waals surface area (Å²) in [6, 6.07) is 18.2. The van der Waals surface area contributed by atoms with E-state index in [9.17, 15) is 23.7 Å². The third-order valence-corrected chi connectivity index (χ3v) is 3.84. The second-order valence-electron chi connectivity index (χ2n) is 5.75. The maximum absolute atomic E-state index is 13.0. The summed E-state index contributed by atoms with van der Waals surface area (Å²) in [6.07, 6.45) is -4.04. The third-order valence-electron chi connectivity index (χ3n) is 3.84. The fraction of sp³-hybridized carbons (Fsp3) is 0.238. The van der Waals surface area contributed by atoms with Crippen LogP contribution in [0.5, 0.6) is 0 Å². The number of rotatable bonds is 4. The van der Waals surface area contributed by atoms with Crippen LogP contribution in [0.15, 0.2) is 54.6 Å². The van der Waals surface area contributed by atoms with Gasteiger partial charge in [0.05, 0.1) is 17.7 Å². The highest BCUT2D eigenvalue weighted by Gasteiger charge is 2.32. The van der Waals surface area contributed by atoms with Crippen LogP contribution in [0.4, 0.5) is 13.2 Å². The van der Waals surface area contributed by atoms with Crippen molar-refractivity contribution in [2.75, 3.05) is 0 Å². The Bertz CT molecular complexity index is 877. The lowest BCUT2D eigenvalue weighted by atomic mass is 9.85. The minimum atomic E-state index is -4.42. The molecule has 0 fully saturated rings. The van der Waals surface area contributed by atoms with E-state index in [1.165, 1.54) is 12.1 Å². The van der Waals surface area contributed by atoms with Gasteiger partial charge in [0.1, 0.15) is 0 Å². The van der Waals surface area contributed by atoms with Crippen LogP contribution >= 0.6 is 0 Å². The lowest BCUT2D eigenvalue weighted by molar-refractivity contribution is -0.138. The van der Waals surface area contributed by atoms with Gasteiger partial charge in [0.25, 0.3) is 0 Å². The van der Waals surface area contributed by atoms with E-state index < -0.39 is 17.2 Å². The maximum Gasteiger partial charge on any atom is 0.416 e.